The number of hydrogen-bond donors (Lipinski definition) is 1. The average molecular weight is 249 g/mol. The molecule has 1 N–H and O–H groups in total. The predicted molar refractivity (Wildman–Crippen MR) is 78.4 cm³/mol. The molecule has 0 aromatic heterocycles. The summed E-state index contributed by atoms with van der Waals surface area (Å²) in [6.07, 6.45) is 1.03. The molecular weight excluding hydrogens is 222 g/mol. The quantitative estimate of drug-likeness (QED) is 0.770. The summed E-state index contributed by atoms with van der Waals surface area (Å²) in [5, 5.41) is 3.47. The van der Waals surface area contributed by atoms with Gasteiger partial charge in [0.1, 0.15) is 5.75 Å². The Morgan fingerprint density at radius 1 is 1.17 bits per heavy atom. The summed E-state index contributed by atoms with van der Waals surface area (Å²) in [4.78, 5) is 0. The lowest BCUT2D eigenvalue weighted by Gasteiger charge is -2.20. The molecule has 1 aromatic carbocycles. The number of hydrogen-bond acceptors (Lipinski definition) is 2. The summed E-state index contributed by atoms with van der Waals surface area (Å²) < 4.78 is 5.87. The second-order valence-corrected chi connectivity index (χ2v) is 6.07. The van der Waals surface area contributed by atoms with Crippen molar-refractivity contribution in [3.8, 4) is 5.75 Å². The molecule has 2 heteroatoms. The third-order valence-corrected chi connectivity index (χ3v) is 2.78. The Kier molecular flexibility index (Phi) is 5.67. The van der Waals surface area contributed by atoms with E-state index >= 15 is 0 Å². The Morgan fingerprint density at radius 2 is 1.83 bits per heavy atom. The van der Waals surface area contributed by atoms with Crippen LogP contribution in [-0.2, 0) is 0 Å². The zero-order chi connectivity index (χ0) is 13.6. The Bertz CT molecular complexity index is 352. The molecule has 0 aliphatic carbocycles. The standard InChI is InChI=1S/C16H27NO/c1-13(2)14-9-6-7-10-15(14)18-12-8-11-17-16(3,4)5/h6-7,9-10,13,17H,8,11-12H2,1-5H3. The number of benzene rings is 1. The van der Waals surface area contributed by atoms with Gasteiger partial charge in [0.05, 0.1) is 6.61 Å². The fourth-order valence-electron chi connectivity index (χ4n) is 1.81. The van der Waals surface area contributed by atoms with E-state index in [1.54, 1.807) is 0 Å². The van der Waals surface area contributed by atoms with Gasteiger partial charge in [-0.05, 0) is 51.3 Å². The summed E-state index contributed by atoms with van der Waals surface area (Å²) in [6, 6.07) is 8.32. The fourth-order valence-corrected chi connectivity index (χ4v) is 1.81. The molecule has 0 atom stereocenters. The molecule has 102 valence electrons. The van der Waals surface area contributed by atoms with Gasteiger partial charge in [0.2, 0.25) is 0 Å². The number of rotatable bonds is 6. The van der Waals surface area contributed by atoms with Crippen molar-refractivity contribution in [3.63, 3.8) is 0 Å². The third kappa shape index (κ3) is 5.54. The maximum Gasteiger partial charge on any atom is 0.122 e. The Hall–Kier alpha value is -1.02. The molecule has 0 radical (unpaired) electrons. The van der Waals surface area contributed by atoms with Crippen LogP contribution < -0.4 is 10.1 Å². The second-order valence-electron chi connectivity index (χ2n) is 6.07. The molecular formula is C16H27NO. The van der Waals surface area contributed by atoms with E-state index in [9.17, 15) is 0 Å². The first-order valence-corrected chi connectivity index (χ1v) is 6.87. The highest BCUT2D eigenvalue weighted by atomic mass is 16.5. The van der Waals surface area contributed by atoms with Crippen molar-refractivity contribution >= 4 is 0 Å². The van der Waals surface area contributed by atoms with Gasteiger partial charge in [-0.15, -0.1) is 0 Å². The molecule has 2 nitrogen and oxygen atoms in total. The van der Waals surface area contributed by atoms with E-state index in [4.69, 9.17) is 4.74 Å². The summed E-state index contributed by atoms with van der Waals surface area (Å²) in [5.41, 5.74) is 1.48. The lowest BCUT2D eigenvalue weighted by molar-refractivity contribution is 0.294. The van der Waals surface area contributed by atoms with Crippen LogP contribution in [0.1, 0.15) is 52.5 Å². The van der Waals surface area contributed by atoms with Gasteiger partial charge in [0.15, 0.2) is 0 Å². The highest BCUT2D eigenvalue weighted by Crippen LogP contribution is 2.25. The van der Waals surface area contributed by atoms with Crippen molar-refractivity contribution in [3.05, 3.63) is 29.8 Å². The van der Waals surface area contributed by atoms with Gasteiger partial charge in [0.25, 0.3) is 0 Å². The maximum absolute atomic E-state index is 5.87. The van der Waals surface area contributed by atoms with Crippen molar-refractivity contribution in [1.29, 1.82) is 0 Å². The largest absolute Gasteiger partial charge is 0.493 e. The van der Waals surface area contributed by atoms with Crippen LogP contribution in [0.5, 0.6) is 5.75 Å². The molecule has 0 heterocycles. The van der Waals surface area contributed by atoms with Crippen LogP contribution in [0.25, 0.3) is 0 Å². The van der Waals surface area contributed by atoms with Crippen LogP contribution in [0.3, 0.4) is 0 Å². The van der Waals surface area contributed by atoms with Gasteiger partial charge in [-0.25, -0.2) is 0 Å². The van der Waals surface area contributed by atoms with Crippen LogP contribution in [-0.4, -0.2) is 18.7 Å². The van der Waals surface area contributed by atoms with Gasteiger partial charge >= 0.3 is 0 Å². The van der Waals surface area contributed by atoms with Crippen molar-refractivity contribution in [2.75, 3.05) is 13.2 Å². The van der Waals surface area contributed by atoms with E-state index < -0.39 is 0 Å². The van der Waals surface area contributed by atoms with E-state index in [1.165, 1.54) is 5.56 Å². The van der Waals surface area contributed by atoms with Crippen LogP contribution in [0.15, 0.2) is 24.3 Å². The van der Waals surface area contributed by atoms with Crippen LogP contribution in [0.4, 0.5) is 0 Å². The minimum Gasteiger partial charge on any atom is -0.493 e. The summed E-state index contributed by atoms with van der Waals surface area (Å²) in [7, 11) is 0. The van der Waals surface area contributed by atoms with E-state index in [0.717, 1.165) is 25.3 Å². The molecule has 0 aliphatic heterocycles. The SMILES string of the molecule is CC(C)c1ccccc1OCCCNC(C)(C)C. The first kappa shape index (κ1) is 15.0. The number of para-hydroxylation sites is 1. The van der Waals surface area contributed by atoms with Crippen LogP contribution in [0, 0.1) is 0 Å². The fraction of sp³-hybridized carbons (Fsp3) is 0.625. The molecule has 0 saturated heterocycles. The van der Waals surface area contributed by atoms with Crippen LogP contribution >= 0.6 is 0 Å². The van der Waals surface area contributed by atoms with Crippen molar-refractivity contribution in [2.24, 2.45) is 0 Å². The van der Waals surface area contributed by atoms with Crippen molar-refractivity contribution in [2.45, 2.75) is 52.5 Å². The smallest absolute Gasteiger partial charge is 0.122 e. The molecule has 0 spiro atoms. The number of ether oxygens (including phenoxy) is 1. The van der Waals surface area contributed by atoms with Gasteiger partial charge in [-0.3, -0.25) is 0 Å². The van der Waals surface area contributed by atoms with E-state index in [1.807, 2.05) is 6.07 Å². The van der Waals surface area contributed by atoms with E-state index in [0.29, 0.717) is 5.92 Å². The molecule has 0 saturated carbocycles. The lowest BCUT2D eigenvalue weighted by atomic mass is 10.0. The first-order chi connectivity index (χ1) is 8.40. The molecule has 0 unspecified atom stereocenters. The lowest BCUT2D eigenvalue weighted by Crippen LogP contribution is -2.36. The molecule has 0 amide bonds. The predicted octanol–water partition coefficient (Wildman–Crippen LogP) is 3.97. The van der Waals surface area contributed by atoms with Gasteiger partial charge in [0, 0.05) is 5.54 Å². The van der Waals surface area contributed by atoms with Gasteiger partial charge < -0.3 is 10.1 Å². The summed E-state index contributed by atoms with van der Waals surface area (Å²) >= 11 is 0. The van der Waals surface area contributed by atoms with Gasteiger partial charge in [-0.1, -0.05) is 32.0 Å². The maximum atomic E-state index is 5.87. The zero-order valence-electron chi connectivity index (χ0n) is 12.4. The minimum absolute atomic E-state index is 0.190. The molecule has 1 rings (SSSR count). The normalized spacial score (nSPS) is 11.9. The molecule has 0 bridgehead atoms. The average Bonchev–Trinajstić information content (AvgIpc) is 2.27. The van der Waals surface area contributed by atoms with Crippen molar-refractivity contribution < 1.29 is 4.74 Å². The third-order valence-electron chi connectivity index (χ3n) is 2.78. The molecule has 18 heavy (non-hydrogen) atoms. The van der Waals surface area contributed by atoms with E-state index in [2.05, 4.69) is 58.1 Å². The number of nitrogens with one attached hydrogen (secondary N) is 1. The molecule has 0 aliphatic rings. The monoisotopic (exact) mass is 249 g/mol. The minimum atomic E-state index is 0.190. The highest BCUT2D eigenvalue weighted by molar-refractivity contribution is 5.35. The summed E-state index contributed by atoms with van der Waals surface area (Å²) in [5.74, 6) is 1.54. The van der Waals surface area contributed by atoms with Crippen molar-refractivity contribution in [1.82, 2.24) is 5.32 Å². The second kappa shape index (κ2) is 6.79. The molecule has 0 fully saturated rings. The Morgan fingerprint density at radius 3 is 2.44 bits per heavy atom. The van der Waals surface area contributed by atoms with E-state index in [-0.39, 0.29) is 5.54 Å². The first-order valence-electron chi connectivity index (χ1n) is 6.87. The Balaban J connectivity index is 2.36. The highest BCUT2D eigenvalue weighted by Gasteiger charge is 2.08. The topological polar surface area (TPSA) is 21.3 Å². The summed E-state index contributed by atoms with van der Waals surface area (Å²) in [6.45, 7) is 12.7. The van der Waals surface area contributed by atoms with Crippen LogP contribution in [0.2, 0.25) is 0 Å². The van der Waals surface area contributed by atoms with Gasteiger partial charge in [-0.2, -0.15) is 0 Å². The zero-order valence-corrected chi connectivity index (χ0v) is 12.4. The Labute approximate surface area is 112 Å². The molecule has 1 aromatic rings.